The van der Waals surface area contributed by atoms with Crippen molar-refractivity contribution < 1.29 is 14.7 Å². The summed E-state index contributed by atoms with van der Waals surface area (Å²) in [6.45, 7) is 5.55. The molecule has 2 saturated carbocycles. The fourth-order valence-electron chi connectivity index (χ4n) is 3.10. The normalized spacial score (nSPS) is 22.1. The Hall–Kier alpha value is -1.46. The number of carbonyl (C=O) groups excluding carboxylic acids is 1. The number of hydrogen-bond donors (Lipinski definition) is 2. The average molecular weight is 297 g/mol. The summed E-state index contributed by atoms with van der Waals surface area (Å²) in [5, 5.41) is 12.3. The number of amidine groups is 1. The molecule has 0 radical (unpaired) electrons. The second-order valence-corrected chi connectivity index (χ2v) is 7.13. The fraction of sp³-hybridized carbons (Fsp3) is 0.867. The van der Waals surface area contributed by atoms with E-state index in [4.69, 9.17) is 15.7 Å². The van der Waals surface area contributed by atoms with E-state index in [1.54, 1.807) is 4.90 Å². The van der Waals surface area contributed by atoms with Crippen LogP contribution in [0.15, 0.2) is 5.16 Å². The maximum atomic E-state index is 12.6. The second-order valence-electron chi connectivity index (χ2n) is 7.13. The minimum absolute atomic E-state index is 0.125. The molecule has 0 spiro atoms. The van der Waals surface area contributed by atoms with E-state index in [0.717, 1.165) is 38.5 Å². The molecular formula is C15H27N3O3. The van der Waals surface area contributed by atoms with Gasteiger partial charge in [-0.3, -0.25) is 4.90 Å². The third-order valence-corrected chi connectivity index (χ3v) is 4.11. The van der Waals surface area contributed by atoms with Crippen molar-refractivity contribution >= 4 is 11.9 Å². The highest BCUT2D eigenvalue weighted by Crippen LogP contribution is 2.37. The van der Waals surface area contributed by atoms with Crippen LogP contribution < -0.4 is 5.73 Å². The first kappa shape index (κ1) is 15.9. The van der Waals surface area contributed by atoms with Crippen molar-refractivity contribution in [3.05, 3.63) is 0 Å². The number of hydrogen-bond acceptors (Lipinski definition) is 4. The van der Waals surface area contributed by atoms with Crippen molar-refractivity contribution in [2.75, 3.05) is 0 Å². The molecule has 0 aromatic rings. The summed E-state index contributed by atoms with van der Waals surface area (Å²) in [4.78, 5) is 14.3. The van der Waals surface area contributed by atoms with E-state index in [0.29, 0.717) is 0 Å². The van der Waals surface area contributed by atoms with E-state index in [1.165, 1.54) is 0 Å². The Morgan fingerprint density at radius 3 is 2.29 bits per heavy atom. The van der Waals surface area contributed by atoms with Crippen LogP contribution >= 0.6 is 0 Å². The standard InChI is InChI=1S/C15H27N3O3/c1-15(2,3)21-14(19)18(11-8-9-11)12(13(16)17-20)10-6-4-5-7-10/h10-12,20H,4-9H2,1-3H3,(H2,16,17). The van der Waals surface area contributed by atoms with Crippen molar-refractivity contribution in [1.29, 1.82) is 0 Å². The van der Waals surface area contributed by atoms with Gasteiger partial charge in [-0.25, -0.2) is 4.79 Å². The van der Waals surface area contributed by atoms with Crippen LogP contribution in [0.1, 0.15) is 59.3 Å². The van der Waals surface area contributed by atoms with Gasteiger partial charge in [0.05, 0.1) is 6.04 Å². The summed E-state index contributed by atoms with van der Waals surface area (Å²) in [5.41, 5.74) is 5.37. The Morgan fingerprint density at radius 1 is 1.29 bits per heavy atom. The second kappa shape index (κ2) is 6.12. The third kappa shape index (κ3) is 4.02. The van der Waals surface area contributed by atoms with Gasteiger partial charge < -0.3 is 15.7 Å². The summed E-state index contributed by atoms with van der Waals surface area (Å²) in [7, 11) is 0. The highest BCUT2D eigenvalue weighted by atomic mass is 16.6. The number of nitrogens with two attached hydrogens (primary N) is 1. The van der Waals surface area contributed by atoms with Crippen LogP contribution in [0.4, 0.5) is 4.79 Å². The van der Waals surface area contributed by atoms with Crippen LogP contribution in [0.3, 0.4) is 0 Å². The molecule has 6 nitrogen and oxygen atoms in total. The molecule has 1 amide bonds. The maximum Gasteiger partial charge on any atom is 0.411 e. The molecule has 6 heteroatoms. The van der Waals surface area contributed by atoms with E-state index in [9.17, 15) is 4.79 Å². The SMILES string of the molecule is CC(C)(C)OC(=O)N(C1CC1)C(/C(N)=N/O)C1CCCC1. The van der Waals surface area contributed by atoms with Gasteiger partial charge in [0.15, 0.2) is 5.84 Å². The third-order valence-electron chi connectivity index (χ3n) is 4.11. The Balaban J connectivity index is 2.21. The van der Waals surface area contributed by atoms with Gasteiger partial charge in [0, 0.05) is 6.04 Å². The van der Waals surface area contributed by atoms with E-state index in [2.05, 4.69) is 5.16 Å². The van der Waals surface area contributed by atoms with Crippen LogP contribution in [0.2, 0.25) is 0 Å². The van der Waals surface area contributed by atoms with Crippen molar-refractivity contribution in [1.82, 2.24) is 4.90 Å². The molecular weight excluding hydrogens is 270 g/mol. The smallest absolute Gasteiger partial charge is 0.411 e. The number of ether oxygens (including phenoxy) is 1. The predicted molar refractivity (Wildman–Crippen MR) is 80.2 cm³/mol. The van der Waals surface area contributed by atoms with Crippen molar-refractivity contribution in [2.45, 2.75) is 77.0 Å². The summed E-state index contributed by atoms with van der Waals surface area (Å²) in [6, 6.07) is -0.189. The lowest BCUT2D eigenvalue weighted by Gasteiger charge is -2.36. The van der Waals surface area contributed by atoms with Crippen LogP contribution in [-0.2, 0) is 4.74 Å². The fourth-order valence-corrected chi connectivity index (χ4v) is 3.10. The summed E-state index contributed by atoms with van der Waals surface area (Å²) >= 11 is 0. The van der Waals surface area contributed by atoms with E-state index < -0.39 is 5.60 Å². The van der Waals surface area contributed by atoms with Gasteiger partial charge in [0.25, 0.3) is 0 Å². The van der Waals surface area contributed by atoms with Gasteiger partial charge in [-0.2, -0.15) is 0 Å². The molecule has 2 fully saturated rings. The van der Waals surface area contributed by atoms with Crippen LogP contribution in [0, 0.1) is 5.92 Å². The minimum atomic E-state index is -0.546. The molecule has 1 unspecified atom stereocenters. The molecule has 0 saturated heterocycles. The lowest BCUT2D eigenvalue weighted by atomic mass is 9.95. The van der Waals surface area contributed by atoms with E-state index >= 15 is 0 Å². The first-order valence-electron chi connectivity index (χ1n) is 7.82. The monoisotopic (exact) mass is 297 g/mol. The molecule has 0 aromatic carbocycles. The molecule has 2 rings (SSSR count). The largest absolute Gasteiger partial charge is 0.444 e. The van der Waals surface area contributed by atoms with Crippen molar-refractivity contribution in [3.8, 4) is 0 Å². The first-order chi connectivity index (χ1) is 9.83. The molecule has 0 heterocycles. The van der Waals surface area contributed by atoms with Gasteiger partial charge >= 0.3 is 6.09 Å². The molecule has 120 valence electrons. The zero-order chi connectivity index (χ0) is 15.6. The number of nitrogens with zero attached hydrogens (tertiary/aromatic N) is 2. The Bertz CT molecular complexity index is 407. The van der Waals surface area contributed by atoms with Gasteiger partial charge in [-0.05, 0) is 52.4 Å². The van der Waals surface area contributed by atoms with Crippen molar-refractivity contribution in [3.63, 3.8) is 0 Å². The minimum Gasteiger partial charge on any atom is -0.444 e. The Morgan fingerprint density at radius 2 is 1.86 bits per heavy atom. The highest BCUT2D eigenvalue weighted by molar-refractivity contribution is 5.89. The molecule has 0 aliphatic heterocycles. The van der Waals surface area contributed by atoms with Crippen LogP contribution in [0.25, 0.3) is 0 Å². The zero-order valence-electron chi connectivity index (χ0n) is 13.2. The van der Waals surface area contributed by atoms with E-state index in [1.807, 2.05) is 20.8 Å². The lowest BCUT2D eigenvalue weighted by Crippen LogP contribution is -2.53. The molecule has 3 N–H and O–H groups in total. The molecule has 2 aliphatic rings. The molecule has 21 heavy (non-hydrogen) atoms. The maximum absolute atomic E-state index is 12.6. The quantitative estimate of drug-likeness (QED) is 0.361. The molecule has 0 aromatic heterocycles. The van der Waals surface area contributed by atoms with Gasteiger partial charge in [0.1, 0.15) is 5.60 Å². The van der Waals surface area contributed by atoms with Crippen LogP contribution in [-0.4, -0.2) is 39.7 Å². The number of carbonyl (C=O) groups is 1. The Kier molecular flexibility index (Phi) is 4.64. The van der Waals surface area contributed by atoms with E-state index in [-0.39, 0.29) is 29.9 Å². The van der Waals surface area contributed by atoms with Crippen LogP contribution in [0.5, 0.6) is 0 Å². The molecule has 0 bridgehead atoms. The topological polar surface area (TPSA) is 88.2 Å². The summed E-state index contributed by atoms with van der Waals surface area (Å²) < 4.78 is 5.53. The first-order valence-corrected chi connectivity index (χ1v) is 7.82. The number of amides is 1. The summed E-state index contributed by atoms with van der Waals surface area (Å²) in [5.74, 6) is 0.383. The number of oxime groups is 1. The Labute approximate surface area is 126 Å². The average Bonchev–Trinajstić information content (AvgIpc) is 3.07. The van der Waals surface area contributed by atoms with Crippen molar-refractivity contribution in [2.24, 2.45) is 16.8 Å². The number of rotatable bonds is 4. The lowest BCUT2D eigenvalue weighted by molar-refractivity contribution is 0.0145. The van der Waals surface area contributed by atoms with Gasteiger partial charge in [-0.15, -0.1) is 0 Å². The molecule has 1 atom stereocenters. The molecule has 2 aliphatic carbocycles. The highest BCUT2D eigenvalue weighted by Gasteiger charge is 2.44. The van der Waals surface area contributed by atoms with Gasteiger partial charge in [0.2, 0.25) is 0 Å². The van der Waals surface area contributed by atoms with Gasteiger partial charge in [-0.1, -0.05) is 18.0 Å². The summed E-state index contributed by atoms with van der Waals surface area (Å²) in [6.07, 6.45) is 5.84. The predicted octanol–water partition coefficient (Wildman–Crippen LogP) is 2.69. The zero-order valence-corrected chi connectivity index (χ0v) is 13.2.